The highest BCUT2D eigenvalue weighted by atomic mass is 28.4. The van der Waals surface area contributed by atoms with Crippen LogP contribution in [0.1, 0.15) is 160 Å². The monoisotopic (exact) mass is 649 g/mol. The fraction of sp³-hybridized carbons (Fsp3) is 0.900. The first kappa shape index (κ1) is 40.7. The summed E-state index contributed by atoms with van der Waals surface area (Å²) in [5, 5.41) is 0. The molecule has 2 aliphatic carbocycles. The van der Waals surface area contributed by atoms with Crippen LogP contribution in [0.5, 0.6) is 0 Å². The second-order valence-electron chi connectivity index (χ2n) is 16.7. The van der Waals surface area contributed by atoms with E-state index in [4.69, 9.17) is 17.7 Å². The molecule has 0 aromatic rings. The molecule has 0 saturated heterocycles. The summed E-state index contributed by atoms with van der Waals surface area (Å²) in [6, 6.07) is 0. The summed E-state index contributed by atoms with van der Waals surface area (Å²) in [5.41, 5.74) is 2.80. The lowest BCUT2D eigenvalue weighted by Gasteiger charge is -2.44. The van der Waals surface area contributed by atoms with Crippen LogP contribution in [0.2, 0.25) is 0 Å². The standard InChI is InChI=1S/C40H76O4Si/c1-29(2)15-13-17-33(9)23-25-41-45(42-26-24-34(10)18-14-16-30(3)4,43-39-27-35(11)19-21-37(39)31(5)6)44-40-28-36(12)20-22-38(40)32(7)8/h15-16,31-40H,13-14,17-28H2,1-12H3. The summed E-state index contributed by atoms with van der Waals surface area (Å²) in [4.78, 5) is 0. The van der Waals surface area contributed by atoms with Crippen molar-refractivity contribution in [2.24, 2.45) is 47.3 Å². The summed E-state index contributed by atoms with van der Waals surface area (Å²) in [5.74, 6) is 4.63. The Bertz CT molecular complexity index is 788. The molecule has 2 saturated carbocycles. The Kier molecular flexibility index (Phi) is 18.8. The minimum atomic E-state index is -3.46. The number of hydrogen-bond acceptors (Lipinski definition) is 4. The molecule has 0 heterocycles. The number of hydrogen-bond donors (Lipinski definition) is 0. The molecular formula is C40H76O4Si. The largest absolute Gasteiger partial charge is 0.680 e. The van der Waals surface area contributed by atoms with Crippen molar-refractivity contribution in [1.82, 2.24) is 0 Å². The second-order valence-corrected chi connectivity index (χ2v) is 18.7. The van der Waals surface area contributed by atoms with Crippen LogP contribution in [-0.4, -0.2) is 34.5 Å². The molecule has 4 nitrogen and oxygen atoms in total. The van der Waals surface area contributed by atoms with Crippen LogP contribution in [0.3, 0.4) is 0 Å². The van der Waals surface area contributed by atoms with Gasteiger partial charge in [0.2, 0.25) is 0 Å². The molecule has 8 unspecified atom stereocenters. The summed E-state index contributed by atoms with van der Waals surface area (Å²) < 4.78 is 28.7. The molecule has 0 amide bonds. The van der Waals surface area contributed by atoms with Crippen molar-refractivity contribution in [3.05, 3.63) is 23.3 Å². The van der Waals surface area contributed by atoms with Gasteiger partial charge in [0.25, 0.3) is 0 Å². The van der Waals surface area contributed by atoms with Crippen LogP contribution >= 0.6 is 0 Å². The van der Waals surface area contributed by atoms with Crippen molar-refractivity contribution in [2.45, 2.75) is 172 Å². The molecule has 264 valence electrons. The van der Waals surface area contributed by atoms with Gasteiger partial charge < -0.3 is 17.7 Å². The van der Waals surface area contributed by atoms with Gasteiger partial charge in [0.1, 0.15) is 0 Å². The van der Waals surface area contributed by atoms with Gasteiger partial charge in [-0.25, -0.2) is 0 Å². The van der Waals surface area contributed by atoms with Gasteiger partial charge >= 0.3 is 9.05 Å². The molecule has 5 heteroatoms. The lowest BCUT2D eigenvalue weighted by molar-refractivity contribution is -0.120. The van der Waals surface area contributed by atoms with Crippen LogP contribution in [0.25, 0.3) is 0 Å². The zero-order chi connectivity index (χ0) is 33.6. The van der Waals surface area contributed by atoms with Crippen molar-refractivity contribution in [3.8, 4) is 0 Å². The highest BCUT2D eigenvalue weighted by Gasteiger charge is 2.53. The molecule has 0 spiro atoms. The molecule has 0 aliphatic heterocycles. The molecular weight excluding hydrogens is 573 g/mol. The number of rotatable bonds is 20. The fourth-order valence-corrected chi connectivity index (χ4v) is 9.88. The van der Waals surface area contributed by atoms with Crippen LogP contribution < -0.4 is 0 Å². The van der Waals surface area contributed by atoms with Gasteiger partial charge in [-0.15, -0.1) is 0 Å². The van der Waals surface area contributed by atoms with Crippen molar-refractivity contribution < 1.29 is 17.7 Å². The van der Waals surface area contributed by atoms with Gasteiger partial charge in [-0.3, -0.25) is 0 Å². The van der Waals surface area contributed by atoms with Gasteiger partial charge in [-0.1, -0.05) is 91.5 Å². The Morgan fingerprint density at radius 2 is 0.978 bits per heavy atom. The van der Waals surface area contributed by atoms with E-state index in [1.54, 1.807) is 0 Å². The quantitative estimate of drug-likeness (QED) is 0.0972. The van der Waals surface area contributed by atoms with E-state index in [0.717, 1.165) is 38.5 Å². The molecule has 2 fully saturated rings. The van der Waals surface area contributed by atoms with E-state index in [2.05, 4.69) is 95.2 Å². The van der Waals surface area contributed by atoms with Gasteiger partial charge in [0, 0.05) is 13.2 Å². The van der Waals surface area contributed by atoms with Crippen LogP contribution in [0.4, 0.5) is 0 Å². The first-order valence-electron chi connectivity index (χ1n) is 19.1. The van der Waals surface area contributed by atoms with E-state index in [1.165, 1.54) is 49.7 Å². The lowest BCUT2D eigenvalue weighted by Crippen LogP contribution is -2.57. The molecule has 2 rings (SSSR count). The first-order valence-corrected chi connectivity index (χ1v) is 20.7. The number of allylic oxidation sites excluding steroid dienone is 4. The third-order valence-electron chi connectivity index (χ3n) is 10.7. The molecule has 0 aromatic heterocycles. The van der Waals surface area contributed by atoms with Crippen molar-refractivity contribution in [1.29, 1.82) is 0 Å². The average molecular weight is 649 g/mol. The van der Waals surface area contributed by atoms with Gasteiger partial charge in [0.05, 0.1) is 12.2 Å². The predicted octanol–water partition coefficient (Wildman–Crippen LogP) is 12.0. The topological polar surface area (TPSA) is 36.9 Å². The van der Waals surface area contributed by atoms with Gasteiger partial charge in [-0.05, 0) is 139 Å². The molecule has 0 bridgehead atoms. The predicted molar refractivity (Wildman–Crippen MR) is 195 cm³/mol. The average Bonchev–Trinajstić information content (AvgIpc) is 2.92. The summed E-state index contributed by atoms with van der Waals surface area (Å²) >= 11 is 0. The molecule has 45 heavy (non-hydrogen) atoms. The normalized spacial score (nSPS) is 28.5. The maximum absolute atomic E-state index is 7.33. The maximum Gasteiger partial charge on any atom is 0.680 e. The zero-order valence-corrected chi connectivity index (χ0v) is 33.0. The van der Waals surface area contributed by atoms with Crippen molar-refractivity contribution in [3.63, 3.8) is 0 Å². The Morgan fingerprint density at radius 1 is 0.600 bits per heavy atom. The fourth-order valence-electron chi connectivity index (χ4n) is 7.45. The van der Waals surface area contributed by atoms with Crippen LogP contribution in [0.15, 0.2) is 23.3 Å². The van der Waals surface area contributed by atoms with Gasteiger partial charge in [-0.2, -0.15) is 0 Å². The van der Waals surface area contributed by atoms with Crippen molar-refractivity contribution >= 4 is 9.05 Å². The molecule has 0 aromatic carbocycles. The summed E-state index contributed by atoms with van der Waals surface area (Å²) in [6.07, 6.45) is 18.7. The Morgan fingerprint density at radius 3 is 1.31 bits per heavy atom. The Labute approximate surface area is 282 Å². The summed E-state index contributed by atoms with van der Waals surface area (Å²) in [7, 11) is -3.46. The first-order chi connectivity index (χ1) is 21.2. The molecule has 0 radical (unpaired) electrons. The van der Waals surface area contributed by atoms with E-state index in [-0.39, 0.29) is 12.2 Å². The maximum atomic E-state index is 7.33. The second kappa shape index (κ2) is 20.8. The summed E-state index contributed by atoms with van der Waals surface area (Å²) in [6.45, 7) is 29.0. The van der Waals surface area contributed by atoms with E-state index in [0.29, 0.717) is 60.6 Å². The van der Waals surface area contributed by atoms with Crippen molar-refractivity contribution in [2.75, 3.05) is 13.2 Å². The lowest BCUT2D eigenvalue weighted by atomic mass is 9.75. The van der Waals surface area contributed by atoms with E-state index in [9.17, 15) is 0 Å². The third kappa shape index (κ3) is 15.5. The highest BCUT2D eigenvalue weighted by molar-refractivity contribution is 6.53. The van der Waals surface area contributed by atoms with E-state index >= 15 is 0 Å². The van der Waals surface area contributed by atoms with E-state index < -0.39 is 9.05 Å². The minimum Gasteiger partial charge on any atom is -0.351 e. The third-order valence-corrected chi connectivity index (χ3v) is 13.0. The Balaban J connectivity index is 2.35. The van der Waals surface area contributed by atoms with Crippen LogP contribution in [0, 0.1) is 47.3 Å². The van der Waals surface area contributed by atoms with Crippen LogP contribution in [-0.2, 0) is 17.7 Å². The zero-order valence-electron chi connectivity index (χ0n) is 32.0. The smallest absolute Gasteiger partial charge is 0.351 e. The minimum absolute atomic E-state index is 0.129. The Hall–Kier alpha value is -0.463. The molecule has 8 atom stereocenters. The van der Waals surface area contributed by atoms with Gasteiger partial charge in [0.15, 0.2) is 0 Å². The van der Waals surface area contributed by atoms with E-state index in [1.807, 2.05) is 0 Å². The molecule has 2 aliphatic rings. The highest BCUT2D eigenvalue weighted by Crippen LogP contribution is 2.41. The SMILES string of the molecule is CC(C)=CCCC(C)CCO[Si](OCCC(C)CCC=C(C)C)(OC1CC(C)CCC1C(C)C)OC1CC(C)CCC1C(C)C. The molecule has 0 N–H and O–H groups in total.